The molecule has 0 unspecified atom stereocenters. The van der Waals surface area contributed by atoms with Gasteiger partial charge in [-0.1, -0.05) is 0 Å². The van der Waals surface area contributed by atoms with E-state index in [9.17, 15) is 4.79 Å². The summed E-state index contributed by atoms with van der Waals surface area (Å²) in [6, 6.07) is 0.611. The van der Waals surface area contributed by atoms with Crippen molar-refractivity contribution in [3.8, 4) is 0 Å². The molecule has 0 N–H and O–H groups in total. The summed E-state index contributed by atoms with van der Waals surface area (Å²) in [6.45, 7) is 4.58. The zero-order valence-corrected chi connectivity index (χ0v) is 8.92. The molecular formula is C10H20N2O. The van der Waals surface area contributed by atoms with Crippen molar-refractivity contribution in [2.45, 2.75) is 25.8 Å². The summed E-state index contributed by atoms with van der Waals surface area (Å²) in [5.74, 6) is 0.265. The first kappa shape index (κ1) is 10.7. The van der Waals surface area contributed by atoms with Crippen LogP contribution in [-0.2, 0) is 4.79 Å². The van der Waals surface area contributed by atoms with Crippen molar-refractivity contribution >= 4 is 5.78 Å². The van der Waals surface area contributed by atoms with Crippen molar-refractivity contribution < 1.29 is 4.79 Å². The molecule has 0 aromatic heterocycles. The molecule has 0 bridgehead atoms. The highest BCUT2D eigenvalue weighted by atomic mass is 16.1. The van der Waals surface area contributed by atoms with E-state index in [1.807, 2.05) is 0 Å². The van der Waals surface area contributed by atoms with Crippen LogP contribution in [-0.4, -0.2) is 55.4 Å². The average Bonchev–Trinajstić information content (AvgIpc) is 2.04. The van der Waals surface area contributed by atoms with Gasteiger partial charge in [0.05, 0.1) is 6.54 Å². The lowest BCUT2D eigenvalue weighted by Gasteiger charge is -2.34. The Labute approximate surface area is 80.7 Å². The highest BCUT2D eigenvalue weighted by Crippen LogP contribution is 2.13. The van der Waals surface area contributed by atoms with Crippen molar-refractivity contribution in [1.82, 2.24) is 9.80 Å². The van der Waals surface area contributed by atoms with E-state index in [4.69, 9.17) is 0 Å². The van der Waals surface area contributed by atoms with Crippen LogP contribution in [0.3, 0.4) is 0 Å². The van der Waals surface area contributed by atoms with E-state index in [1.54, 1.807) is 6.92 Å². The summed E-state index contributed by atoms with van der Waals surface area (Å²) >= 11 is 0. The van der Waals surface area contributed by atoms with Crippen LogP contribution < -0.4 is 0 Å². The predicted molar refractivity (Wildman–Crippen MR) is 53.8 cm³/mol. The van der Waals surface area contributed by atoms with Crippen LogP contribution in [0.4, 0.5) is 0 Å². The zero-order valence-electron chi connectivity index (χ0n) is 8.92. The fourth-order valence-electron chi connectivity index (χ4n) is 1.92. The van der Waals surface area contributed by atoms with E-state index < -0.39 is 0 Å². The first-order valence-electron chi connectivity index (χ1n) is 4.98. The Bertz CT molecular complexity index is 174. The van der Waals surface area contributed by atoms with Crippen LogP contribution in [0.25, 0.3) is 0 Å². The lowest BCUT2D eigenvalue weighted by molar-refractivity contribution is -0.118. The summed E-state index contributed by atoms with van der Waals surface area (Å²) in [4.78, 5) is 15.4. The Balaban J connectivity index is 2.31. The van der Waals surface area contributed by atoms with Gasteiger partial charge in [0.2, 0.25) is 0 Å². The highest BCUT2D eigenvalue weighted by molar-refractivity contribution is 5.77. The first-order chi connectivity index (χ1) is 6.09. The molecule has 1 heterocycles. The Morgan fingerprint density at radius 1 is 1.46 bits per heavy atom. The van der Waals surface area contributed by atoms with E-state index in [0.717, 1.165) is 13.1 Å². The van der Waals surface area contributed by atoms with Gasteiger partial charge in [-0.3, -0.25) is 9.69 Å². The molecule has 1 aliphatic rings. The number of likely N-dealkylation sites (tertiary alicyclic amines) is 1. The van der Waals surface area contributed by atoms with Crippen molar-refractivity contribution in [2.75, 3.05) is 33.7 Å². The third-order valence-electron chi connectivity index (χ3n) is 2.78. The lowest BCUT2D eigenvalue weighted by Crippen LogP contribution is -2.43. The van der Waals surface area contributed by atoms with Crippen LogP contribution in [0.1, 0.15) is 19.8 Å². The van der Waals surface area contributed by atoms with Crippen molar-refractivity contribution in [3.63, 3.8) is 0 Å². The predicted octanol–water partition coefficient (Wildman–Crippen LogP) is 0.601. The Hall–Kier alpha value is -0.410. The minimum Gasteiger partial charge on any atom is -0.306 e. The number of Topliss-reactive ketones (excluding diaryl/α,β-unsaturated/α-hetero) is 1. The van der Waals surface area contributed by atoms with Crippen LogP contribution in [0.2, 0.25) is 0 Å². The molecule has 76 valence electrons. The largest absolute Gasteiger partial charge is 0.306 e. The molecule has 0 aromatic rings. The molecule has 1 aliphatic heterocycles. The smallest absolute Gasteiger partial charge is 0.143 e. The number of hydrogen-bond donors (Lipinski definition) is 0. The van der Waals surface area contributed by atoms with Gasteiger partial charge >= 0.3 is 0 Å². The topological polar surface area (TPSA) is 23.6 Å². The number of rotatable bonds is 3. The second-order valence-electron chi connectivity index (χ2n) is 4.15. The van der Waals surface area contributed by atoms with Gasteiger partial charge in [-0.2, -0.15) is 0 Å². The minimum atomic E-state index is 0.265. The van der Waals surface area contributed by atoms with Gasteiger partial charge in [0.25, 0.3) is 0 Å². The summed E-state index contributed by atoms with van der Waals surface area (Å²) in [7, 11) is 4.21. The van der Waals surface area contributed by atoms with E-state index in [2.05, 4.69) is 23.9 Å². The van der Waals surface area contributed by atoms with Gasteiger partial charge in [0, 0.05) is 6.04 Å². The minimum absolute atomic E-state index is 0.265. The van der Waals surface area contributed by atoms with E-state index in [0.29, 0.717) is 12.6 Å². The molecule has 1 rings (SSSR count). The second-order valence-corrected chi connectivity index (χ2v) is 4.15. The molecule has 0 atom stereocenters. The SMILES string of the molecule is CC(=O)CN(C)C1CCN(C)CC1. The number of ketones is 1. The van der Waals surface area contributed by atoms with Crippen LogP contribution in [0.5, 0.6) is 0 Å². The summed E-state index contributed by atoms with van der Waals surface area (Å²) in [5, 5.41) is 0. The maximum atomic E-state index is 10.9. The van der Waals surface area contributed by atoms with Crippen molar-refractivity contribution in [1.29, 1.82) is 0 Å². The molecule has 1 fully saturated rings. The second kappa shape index (κ2) is 4.72. The van der Waals surface area contributed by atoms with Gasteiger partial charge in [-0.15, -0.1) is 0 Å². The maximum absolute atomic E-state index is 10.9. The molecule has 0 spiro atoms. The van der Waals surface area contributed by atoms with E-state index >= 15 is 0 Å². The summed E-state index contributed by atoms with van der Waals surface area (Å²) < 4.78 is 0. The third kappa shape index (κ3) is 3.44. The summed E-state index contributed by atoms with van der Waals surface area (Å²) in [6.07, 6.45) is 2.39. The third-order valence-corrected chi connectivity index (χ3v) is 2.78. The van der Waals surface area contributed by atoms with Gasteiger partial charge in [-0.25, -0.2) is 0 Å². The standard InChI is InChI=1S/C10H20N2O/c1-9(13)8-12(3)10-4-6-11(2)7-5-10/h10H,4-8H2,1-3H3. The highest BCUT2D eigenvalue weighted by Gasteiger charge is 2.20. The van der Waals surface area contributed by atoms with Gasteiger partial charge in [0.15, 0.2) is 0 Å². The number of carbonyl (C=O) groups excluding carboxylic acids is 1. The number of hydrogen-bond acceptors (Lipinski definition) is 3. The van der Waals surface area contributed by atoms with Gasteiger partial charge in [0.1, 0.15) is 5.78 Å². The normalized spacial score (nSPS) is 20.9. The van der Waals surface area contributed by atoms with E-state index in [-0.39, 0.29) is 5.78 Å². The van der Waals surface area contributed by atoms with Crippen LogP contribution in [0.15, 0.2) is 0 Å². The molecule has 0 aromatic carbocycles. The van der Waals surface area contributed by atoms with Crippen molar-refractivity contribution in [2.24, 2.45) is 0 Å². The van der Waals surface area contributed by atoms with Gasteiger partial charge < -0.3 is 4.90 Å². The summed E-state index contributed by atoms with van der Waals surface area (Å²) in [5.41, 5.74) is 0. The molecule has 0 amide bonds. The number of likely N-dealkylation sites (N-methyl/N-ethyl adjacent to an activating group) is 1. The quantitative estimate of drug-likeness (QED) is 0.642. The Kier molecular flexibility index (Phi) is 3.88. The Morgan fingerprint density at radius 3 is 2.46 bits per heavy atom. The van der Waals surface area contributed by atoms with Crippen molar-refractivity contribution in [3.05, 3.63) is 0 Å². The fraction of sp³-hybridized carbons (Fsp3) is 0.900. The molecule has 0 saturated carbocycles. The van der Waals surface area contributed by atoms with Crippen LogP contribution >= 0.6 is 0 Å². The molecular weight excluding hydrogens is 164 g/mol. The maximum Gasteiger partial charge on any atom is 0.143 e. The molecule has 0 aliphatic carbocycles. The molecule has 0 radical (unpaired) electrons. The molecule has 3 heteroatoms. The zero-order chi connectivity index (χ0) is 9.84. The van der Waals surface area contributed by atoms with Crippen LogP contribution in [0, 0.1) is 0 Å². The van der Waals surface area contributed by atoms with Gasteiger partial charge in [-0.05, 0) is 47.0 Å². The monoisotopic (exact) mass is 184 g/mol. The van der Waals surface area contributed by atoms with E-state index in [1.165, 1.54) is 12.8 Å². The average molecular weight is 184 g/mol. The number of nitrogens with zero attached hydrogens (tertiary/aromatic N) is 2. The number of carbonyl (C=O) groups is 1. The number of piperidine rings is 1. The molecule has 1 saturated heterocycles. The molecule has 3 nitrogen and oxygen atoms in total. The Morgan fingerprint density at radius 2 is 2.00 bits per heavy atom. The fourth-order valence-corrected chi connectivity index (χ4v) is 1.92. The lowest BCUT2D eigenvalue weighted by atomic mass is 10.0. The first-order valence-corrected chi connectivity index (χ1v) is 4.98. The molecule has 13 heavy (non-hydrogen) atoms.